The number of carbonyl (C=O) groups excluding carboxylic acids is 3. The lowest BCUT2D eigenvalue weighted by Crippen LogP contribution is -2.52. The molecule has 124 valence electrons. The molecule has 23 heavy (non-hydrogen) atoms. The Hall–Kier alpha value is -1.96. The molecule has 1 atom stereocenters. The molecule has 0 aliphatic carbocycles. The van der Waals surface area contributed by atoms with Gasteiger partial charge in [0.25, 0.3) is 5.91 Å². The molecule has 0 N–H and O–H groups in total. The van der Waals surface area contributed by atoms with Gasteiger partial charge in [0, 0.05) is 50.0 Å². The SMILES string of the molecule is CC(=O)N1CCN(C(=O)C(C)OC(=O)c2cncc(Br)c2)CC1. The second-order valence-electron chi connectivity index (χ2n) is 5.27. The highest BCUT2D eigenvalue weighted by atomic mass is 79.9. The van der Waals surface area contributed by atoms with Crippen LogP contribution in [0.1, 0.15) is 24.2 Å². The van der Waals surface area contributed by atoms with E-state index < -0.39 is 12.1 Å². The summed E-state index contributed by atoms with van der Waals surface area (Å²) in [5.41, 5.74) is 0.278. The van der Waals surface area contributed by atoms with E-state index in [-0.39, 0.29) is 17.4 Å². The van der Waals surface area contributed by atoms with Gasteiger partial charge in [-0.2, -0.15) is 0 Å². The highest BCUT2D eigenvalue weighted by molar-refractivity contribution is 9.10. The van der Waals surface area contributed by atoms with Gasteiger partial charge >= 0.3 is 5.97 Å². The van der Waals surface area contributed by atoms with Crippen LogP contribution < -0.4 is 0 Å². The van der Waals surface area contributed by atoms with Crippen LogP contribution in [0.3, 0.4) is 0 Å². The van der Waals surface area contributed by atoms with Crippen molar-refractivity contribution in [1.29, 1.82) is 0 Å². The molecule has 0 radical (unpaired) electrons. The van der Waals surface area contributed by atoms with E-state index in [0.29, 0.717) is 30.7 Å². The molecule has 0 saturated carbocycles. The van der Waals surface area contributed by atoms with Crippen molar-refractivity contribution in [3.8, 4) is 0 Å². The highest BCUT2D eigenvalue weighted by Crippen LogP contribution is 2.12. The molecular formula is C15H18BrN3O4. The van der Waals surface area contributed by atoms with E-state index in [9.17, 15) is 14.4 Å². The molecule has 7 nitrogen and oxygen atoms in total. The Labute approximate surface area is 142 Å². The minimum Gasteiger partial charge on any atom is -0.449 e. The van der Waals surface area contributed by atoms with E-state index in [4.69, 9.17) is 4.74 Å². The molecule has 1 saturated heterocycles. The first kappa shape index (κ1) is 17.4. The van der Waals surface area contributed by atoms with Gasteiger partial charge in [0.1, 0.15) is 0 Å². The quantitative estimate of drug-likeness (QED) is 0.729. The van der Waals surface area contributed by atoms with Crippen LogP contribution >= 0.6 is 15.9 Å². The van der Waals surface area contributed by atoms with Crippen molar-refractivity contribution in [2.45, 2.75) is 20.0 Å². The van der Waals surface area contributed by atoms with Crippen LogP contribution in [0.2, 0.25) is 0 Å². The number of aromatic nitrogens is 1. The van der Waals surface area contributed by atoms with Crippen molar-refractivity contribution < 1.29 is 19.1 Å². The van der Waals surface area contributed by atoms with Gasteiger partial charge in [-0.3, -0.25) is 14.6 Å². The zero-order valence-corrected chi connectivity index (χ0v) is 14.6. The van der Waals surface area contributed by atoms with Crippen LogP contribution in [0.5, 0.6) is 0 Å². The number of pyridine rings is 1. The number of amides is 2. The van der Waals surface area contributed by atoms with Crippen LogP contribution in [0.4, 0.5) is 0 Å². The first-order valence-corrected chi connectivity index (χ1v) is 8.03. The van der Waals surface area contributed by atoms with Gasteiger partial charge in [0.2, 0.25) is 5.91 Å². The summed E-state index contributed by atoms with van der Waals surface area (Å²) in [6.45, 7) is 4.93. The predicted molar refractivity (Wildman–Crippen MR) is 85.6 cm³/mol. The summed E-state index contributed by atoms with van der Waals surface area (Å²) < 4.78 is 5.87. The first-order chi connectivity index (χ1) is 10.9. The number of halogens is 1. The third-order valence-corrected chi connectivity index (χ3v) is 4.04. The van der Waals surface area contributed by atoms with E-state index in [0.717, 1.165) is 0 Å². The Kier molecular flexibility index (Phi) is 5.70. The predicted octanol–water partition coefficient (Wildman–Crippen LogP) is 1.08. The highest BCUT2D eigenvalue weighted by Gasteiger charge is 2.28. The molecule has 1 unspecified atom stereocenters. The smallest absolute Gasteiger partial charge is 0.340 e. The first-order valence-electron chi connectivity index (χ1n) is 7.24. The maximum Gasteiger partial charge on any atom is 0.340 e. The summed E-state index contributed by atoms with van der Waals surface area (Å²) >= 11 is 3.23. The van der Waals surface area contributed by atoms with E-state index in [1.165, 1.54) is 13.1 Å². The van der Waals surface area contributed by atoms with Gasteiger partial charge in [-0.25, -0.2) is 4.79 Å². The molecule has 0 spiro atoms. The summed E-state index contributed by atoms with van der Waals surface area (Å²) in [7, 11) is 0. The monoisotopic (exact) mass is 383 g/mol. The van der Waals surface area contributed by atoms with Crippen molar-refractivity contribution in [3.63, 3.8) is 0 Å². The van der Waals surface area contributed by atoms with Gasteiger partial charge < -0.3 is 14.5 Å². The number of nitrogens with zero attached hydrogens (tertiary/aromatic N) is 3. The van der Waals surface area contributed by atoms with Crippen LogP contribution in [0.15, 0.2) is 22.9 Å². The molecule has 1 aromatic heterocycles. The lowest BCUT2D eigenvalue weighted by Gasteiger charge is -2.35. The lowest BCUT2D eigenvalue weighted by atomic mass is 10.2. The number of hydrogen-bond acceptors (Lipinski definition) is 5. The maximum atomic E-state index is 12.3. The van der Waals surface area contributed by atoms with Crippen LogP contribution in [-0.2, 0) is 14.3 Å². The second kappa shape index (κ2) is 7.54. The van der Waals surface area contributed by atoms with Crippen LogP contribution in [-0.4, -0.2) is 64.9 Å². The molecule has 2 heterocycles. The maximum absolute atomic E-state index is 12.3. The average Bonchev–Trinajstić information content (AvgIpc) is 2.54. The summed E-state index contributed by atoms with van der Waals surface area (Å²) in [5, 5.41) is 0. The van der Waals surface area contributed by atoms with E-state index in [2.05, 4.69) is 20.9 Å². The third-order valence-electron chi connectivity index (χ3n) is 3.61. The van der Waals surface area contributed by atoms with Gasteiger partial charge in [-0.05, 0) is 28.9 Å². The molecule has 0 aromatic carbocycles. The topological polar surface area (TPSA) is 79.8 Å². The number of carbonyl (C=O) groups is 3. The molecule has 1 aliphatic heterocycles. The average molecular weight is 384 g/mol. The van der Waals surface area contributed by atoms with Crippen molar-refractivity contribution >= 4 is 33.7 Å². The normalized spacial score (nSPS) is 16.0. The molecule has 1 aliphatic rings. The summed E-state index contributed by atoms with van der Waals surface area (Å²) in [4.78, 5) is 42.8. The minimum atomic E-state index is -0.884. The standard InChI is InChI=1S/C15H18BrN3O4/c1-10(23-15(22)12-7-13(16)9-17-8-12)14(21)19-5-3-18(4-6-19)11(2)20/h7-10H,3-6H2,1-2H3. The Morgan fingerprint density at radius 1 is 1.17 bits per heavy atom. The van der Waals surface area contributed by atoms with Crippen molar-refractivity contribution in [2.75, 3.05) is 26.2 Å². The Morgan fingerprint density at radius 2 is 1.78 bits per heavy atom. The largest absolute Gasteiger partial charge is 0.449 e. The van der Waals surface area contributed by atoms with E-state index in [1.54, 1.807) is 29.0 Å². The molecule has 2 rings (SSSR count). The third kappa shape index (κ3) is 4.51. The fraction of sp³-hybridized carbons (Fsp3) is 0.467. The number of esters is 1. The number of hydrogen-bond donors (Lipinski definition) is 0. The molecular weight excluding hydrogens is 366 g/mol. The molecule has 8 heteroatoms. The fourth-order valence-corrected chi connectivity index (χ4v) is 2.67. The summed E-state index contributed by atoms with van der Waals surface area (Å²) in [5.74, 6) is -0.856. The number of rotatable bonds is 3. The second-order valence-corrected chi connectivity index (χ2v) is 6.19. The molecule has 1 fully saturated rings. The van der Waals surface area contributed by atoms with Crippen LogP contribution in [0.25, 0.3) is 0 Å². The minimum absolute atomic E-state index is 0.00118. The Bertz CT molecular complexity index is 614. The molecule has 0 bridgehead atoms. The van der Waals surface area contributed by atoms with E-state index in [1.807, 2.05) is 0 Å². The van der Waals surface area contributed by atoms with Gasteiger partial charge in [0.05, 0.1) is 5.56 Å². The summed E-state index contributed by atoms with van der Waals surface area (Å²) in [6.07, 6.45) is 2.06. The van der Waals surface area contributed by atoms with Gasteiger partial charge in [-0.1, -0.05) is 0 Å². The van der Waals surface area contributed by atoms with Crippen molar-refractivity contribution in [3.05, 3.63) is 28.5 Å². The zero-order valence-electron chi connectivity index (χ0n) is 13.0. The lowest BCUT2D eigenvalue weighted by molar-refractivity contribution is -0.144. The van der Waals surface area contributed by atoms with Crippen LogP contribution in [0, 0.1) is 0 Å². The summed E-state index contributed by atoms with van der Waals surface area (Å²) in [6, 6.07) is 1.58. The van der Waals surface area contributed by atoms with Gasteiger partial charge in [-0.15, -0.1) is 0 Å². The van der Waals surface area contributed by atoms with Crippen molar-refractivity contribution in [2.24, 2.45) is 0 Å². The Balaban J connectivity index is 1.90. The fourth-order valence-electron chi connectivity index (χ4n) is 2.30. The van der Waals surface area contributed by atoms with Gasteiger partial charge in [0.15, 0.2) is 6.10 Å². The number of piperazine rings is 1. The molecule has 2 amide bonds. The van der Waals surface area contributed by atoms with Crippen molar-refractivity contribution in [1.82, 2.24) is 14.8 Å². The van der Waals surface area contributed by atoms with E-state index >= 15 is 0 Å². The molecule has 1 aromatic rings. The zero-order chi connectivity index (χ0) is 17.0. The number of ether oxygens (including phenoxy) is 1. The Morgan fingerprint density at radius 3 is 2.35 bits per heavy atom.